The summed E-state index contributed by atoms with van der Waals surface area (Å²) in [5.74, 6) is 2.38. The van der Waals surface area contributed by atoms with Gasteiger partial charge in [-0.05, 0) is 24.7 Å². The zero-order valence-electron chi connectivity index (χ0n) is 8.85. The van der Waals surface area contributed by atoms with E-state index in [0.29, 0.717) is 17.9 Å². The van der Waals surface area contributed by atoms with E-state index in [4.69, 9.17) is 5.73 Å². The molecule has 4 heteroatoms. The van der Waals surface area contributed by atoms with Crippen molar-refractivity contribution in [1.82, 2.24) is 14.8 Å². The molecule has 1 fully saturated rings. The molecule has 0 radical (unpaired) electrons. The number of hydrogen-bond acceptors (Lipinski definition) is 3. The van der Waals surface area contributed by atoms with Crippen LogP contribution in [0.3, 0.4) is 0 Å². The minimum atomic E-state index is 0.383. The van der Waals surface area contributed by atoms with Crippen LogP contribution in [0, 0.1) is 11.8 Å². The van der Waals surface area contributed by atoms with Gasteiger partial charge < -0.3 is 5.73 Å². The zero-order chi connectivity index (χ0) is 10.1. The molecule has 4 nitrogen and oxygen atoms in total. The summed E-state index contributed by atoms with van der Waals surface area (Å²) >= 11 is 0. The fourth-order valence-corrected chi connectivity index (χ4v) is 2.31. The van der Waals surface area contributed by atoms with E-state index in [1.54, 1.807) is 6.33 Å². The van der Waals surface area contributed by atoms with Crippen LogP contribution >= 0.6 is 0 Å². The summed E-state index contributed by atoms with van der Waals surface area (Å²) in [4.78, 5) is 4.25. The molecule has 0 spiro atoms. The quantitative estimate of drug-likeness (QED) is 0.755. The maximum absolute atomic E-state index is 5.99. The van der Waals surface area contributed by atoms with E-state index < -0.39 is 0 Å². The fourth-order valence-electron chi connectivity index (χ4n) is 2.31. The molecule has 14 heavy (non-hydrogen) atoms. The van der Waals surface area contributed by atoms with E-state index in [9.17, 15) is 0 Å². The molecular formula is C10H18N4. The lowest BCUT2D eigenvalue weighted by molar-refractivity contribution is 0.379. The largest absolute Gasteiger partial charge is 0.327 e. The topological polar surface area (TPSA) is 56.7 Å². The lowest BCUT2D eigenvalue weighted by atomic mass is 9.93. The Kier molecular flexibility index (Phi) is 2.54. The minimum Gasteiger partial charge on any atom is -0.327 e. The molecule has 1 aromatic rings. The molecule has 1 aromatic heterocycles. The Morgan fingerprint density at radius 1 is 1.57 bits per heavy atom. The normalized spacial score (nSPS) is 32.4. The Morgan fingerprint density at radius 2 is 2.36 bits per heavy atom. The first-order chi connectivity index (χ1) is 6.68. The number of nitrogens with two attached hydrogens (primary N) is 1. The highest BCUT2D eigenvalue weighted by molar-refractivity contribution is 4.93. The Bertz CT molecular complexity index is 307. The van der Waals surface area contributed by atoms with Crippen LogP contribution in [-0.2, 0) is 13.5 Å². The second kappa shape index (κ2) is 3.69. The van der Waals surface area contributed by atoms with Crippen LogP contribution in [0.5, 0.6) is 0 Å². The van der Waals surface area contributed by atoms with Crippen molar-refractivity contribution in [3.8, 4) is 0 Å². The molecular weight excluding hydrogens is 176 g/mol. The van der Waals surface area contributed by atoms with E-state index in [0.717, 1.165) is 18.7 Å². The molecule has 0 aliphatic heterocycles. The van der Waals surface area contributed by atoms with Crippen LogP contribution in [0.1, 0.15) is 25.6 Å². The maximum Gasteiger partial charge on any atom is 0.138 e. The van der Waals surface area contributed by atoms with Gasteiger partial charge in [-0.1, -0.05) is 6.92 Å². The second-order valence-electron chi connectivity index (χ2n) is 4.36. The zero-order valence-corrected chi connectivity index (χ0v) is 8.85. The number of aromatic nitrogens is 3. The average molecular weight is 194 g/mol. The summed E-state index contributed by atoms with van der Waals surface area (Å²) in [5, 5.41) is 4.08. The molecule has 1 aliphatic rings. The standard InChI is InChI=1S/C10H18N4/c1-7-8(3-4-9(7)11)5-10-12-6-13-14(10)2/h6-9H,3-5,11H2,1-2H3. The van der Waals surface area contributed by atoms with Gasteiger partial charge in [0.1, 0.15) is 12.2 Å². The highest BCUT2D eigenvalue weighted by atomic mass is 15.3. The summed E-state index contributed by atoms with van der Waals surface area (Å²) in [7, 11) is 1.95. The highest BCUT2D eigenvalue weighted by Crippen LogP contribution is 2.32. The van der Waals surface area contributed by atoms with Crippen molar-refractivity contribution in [2.45, 2.75) is 32.2 Å². The molecule has 0 amide bonds. The lowest BCUT2D eigenvalue weighted by Gasteiger charge is -2.17. The first-order valence-electron chi connectivity index (χ1n) is 5.27. The van der Waals surface area contributed by atoms with Gasteiger partial charge in [-0.15, -0.1) is 0 Å². The molecule has 0 saturated heterocycles. The van der Waals surface area contributed by atoms with Crippen molar-refractivity contribution in [3.63, 3.8) is 0 Å². The van der Waals surface area contributed by atoms with E-state index in [1.807, 2.05) is 11.7 Å². The monoisotopic (exact) mass is 194 g/mol. The third-order valence-corrected chi connectivity index (χ3v) is 3.54. The molecule has 1 aliphatic carbocycles. The molecule has 3 atom stereocenters. The van der Waals surface area contributed by atoms with Crippen LogP contribution in [0.25, 0.3) is 0 Å². The van der Waals surface area contributed by atoms with Gasteiger partial charge in [-0.3, -0.25) is 4.68 Å². The summed E-state index contributed by atoms with van der Waals surface area (Å²) in [6.45, 7) is 2.25. The predicted octanol–water partition coefficient (Wildman–Crippen LogP) is 0.731. The van der Waals surface area contributed by atoms with Crippen LogP contribution in [0.2, 0.25) is 0 Å². The van der Waals surface area contributed by atoms with Crippen molar-refractivity contribution < 1.29 is 0 Å². The Morgan fingerprint density at radius 3 is 2.86 bits per heavy atom. The van der Waals surface area contributed by atoms with Crippen molar-refractivity contribution in [3.05, 3.63) is 12.2 Å². The number of nitrogens with zero attached hydrogens (tertiary/aromatic N) is 3. The Hall–Kier alpha value is -0.900. The minimum absolute atomic E-state index is 0.383. The molecule has 78 valence electrons. The van der Waals surface area contributed by atoms with Gasteiger partial charge in [0.15, 0.2) is 0 Å². The third-order valence-electron chi connectivity index (χ3n) is 3.54. The van der Waals surface area contributed by atoms with E-state index in [-0.39, 0.29) is 0 Å². The van der Waals surface area contributed by atoms with Gasteiger partial charge >= 0.3 is 0 Å². The van der Waals surface area contributed by atoms with Gasteiger partial charge in [0.2, 0.25) is 0 Å². The summed E-state index contributed by atoms with van der Waals surface area (Å²) < 4.78 is 1.86. The van der Waals surface area contributed by atoms with E-state index >= 15 is 0 Å². The van der Waals surface area contributed by atoms with Gasteiger partial charge in [-0.2, -0.15) is 5.10 Å². The number of rotatable bonds is 2. The molecule has 1 heterocycles. The second-order valence-corrected chi connectivity index (χ2v) is 4.36. The molecule has 3 unspecified atom stereocenters. The Labute approximate surface area is 84.5 Å². The molecule has 2 rings (SSSR count). The first-order valence-corrected chi connectivity index (χ1v) is 5.27. The van der Waals surface area contributed by atoms with Crippen LogP contribution in [-0.4, -0.2) is 20.8 Å². The van der Waals surface area contributed by atoms with Crippen LogP contribution < -0.4 is 5.73 Å². The molecule has 1 saturated carbocycles. The number of aryl methyl sites for hydroxylation is 1. The van der Waals surface area contributed by atoms with Crippen molar-refractivity contribution >= 4 is 0 Å². The van der Waals surface area contributed by atoms with E-state index in [1.165, 1.54) is 6.42 Å². The van der Waals surface area contributed by atoms with Crippen molar-refractivity contribution in [2.75, 3.05) is 0 Å². The molecule has 2 N–H and O–H groups in total. The van der Waals surface area contributed by atoms with Crippen molar-refractivity contribution in [1.29, 1.82) is 0 Å². The van der Waals surface area contributed by atoms with Gasteiger partial charge in [0, 0.05) is 19.5 Å². The summed E-state index contributed by atoms with van der Waals surface area (Å²) in [6, 6.07) is 0.383. The summed E-state index contributed by atoms with van der Waals surface area (Å²) in [6.07, 6.45) is 5.03. The average Bonchev–Trinajstić information content (AvgIpc) is 2.68. The van der Waals surface area contributed by atoms with Gasteiger partial charge in [0.25, 0.3) is 0 Å². The third kappa shape index (κ3) is 1.66. The Balaban J connectivity index is 2.02. The van der Waals surface area contributed by atoms with Gasteiger partial charge in [0.05, 0.1) is 0 Å². The fraction of sp³-hybridized carbons (Fsp3) is 0.800. The first kappa shape index (κ1) is 9.65. The molecule has 0 aromatic carbocycles. The smallest absolute Gasteiger partial charge is 0.138 e. The van der Waals surface area contributed by atoms with Crippen molar-refractivity contribution in [2.24, 2.45) is 24.6 Å². The van der Waals surface area contributed by atoms with E-state index in [2.05, 4.69) is 17.0 Å². The predicted molar refractivity (Wildman–Crippen MR) is 54.6 cm³/mol. The highest BCUT2D eigenvalue weighted by Gasteiger charge is 2.30. The molecule has 0 bridgehead atoms. The number of hydrogen-bond donors (Lipinski definition) is 1. The SMILES string of the molecule is CC1C(N)CCC1Cc1ncnn1C. The van der Waals surface area contributed by atoms with Gasteiger partial charge in [-0.25, -0.2) is 4.98 Å². The van der Waals surface area contributed by atoms with Crippen LogP contribution in [0.15, 0.2) is 6.33 Å². The van der Waals surface area contributed by atoms with Crippen LogP contribution in [0.4, 0.5) is 0 Å². The summed E-state index contributed by atoms with van der Waals surface area (Å²) in [5.41, 5.74) is 5.99. The maximum atomic E-state index is 5.99. The lowest BCUT2D eigenvalue weighted by Crippen LogP contribution is -2.26.